The van der Waals surface area contributed by atoms with Gasteiger partial charge in [-0.15, -0.1) is 0 Å². The van der Waals surface area contributed by atoms with Crippen LogP contribution in [0, 0.1) is 0 Å². The Kier molecular flexibility index (Phi) is 5.94. The molecular weight excluding hydrogens is 446 g/mol. The maximum absolute atomic E-state index is 13.0. The standard InChI is InChI=1S/C23H26BrN3O3/c1-13-12-23(3,4)27(14(2)28)20-11-21(30-6)19(10-16(13)20)26-22(29)17-9-15(24)7-8-18(17)25-5/h7-12,25H,1-6H3,(H,26,29). The normalized spacial score (nSPS) is 14.5. The number of ether oxygens (including phenoxy) is 1. The highest BCUT2D eigenvalue weighted by atomic mass is 79.9. The lowest BCUT2D eigenvalue weighted by molar-refractivity contribution is -0.117. The van der Waals surface area contributed by atoms with E-state index < -0.39 is 5.54 Å². The van der Waals surface area contributed by atoms with Gasteiger partial charge in [0.15, 0.2) is 0 Å². The molecule has 0 aliphatic carbocycles. The van der Waals surface area contributed by atoms with Gasteiger partial charge in [-0.2, -0.15) is 0 Å². The van der Waals surface area contributed by atoms with Gasteiger partial charge in [-0.1, -0.05) is 22.0 Å². The first-order chi connectivity index (χ1) is 14.1. The van der Waals surface area contributed by atoms with E-state index in [9.17, 15) is 9.59 Å². The van der Waals surface area contributed by atoms with Crippen LogP contribution in [0.1, 0.15) is 43.6 Å². The lowest BCUT2D eigenvalue weighted by atomic mass is 9.88. The molecule has 2 amide bonds. The minimum absolute atomic E-state index is 0.0587. The summed E-state index contributed by atoms with van der Waals surface area (Å²) in [6.07, 6.45) is 2.06. The number of anilines is 3. The van der Waals surface area contributed by atoms with Crippen molar-refractivity contribution in [3.05, 3.63) is 52.0 Å². The van der Waals surface area contributed by atoms with E-state index in [2.05, 4.69) is 32.6 Å². The number of nitrogens with zero attached hydrogens (tertiary/aromatic N) is 1. The molecule has 0 aromatic heterocycles. The zero-order valence-electron chi connectivity index (χ0n) is 18.0. The van der Waals surface area contributed by atoms with Crippen LogP contribution < -0.4 is 20.3 Å². The van der Waals surface area contributed by atoms with E-state index in [1.807, 2.05) is 45.0 Å². The predicted molar refractivity (Wildman–Crippen MR) is 126 cm³/mol. The molecule has 0 radical (unpaired) electrons. The second kappa shape index (κ2) is 8.14. The molecule has 30 heavy (non-hydrogen) atoms. The third-order valence-electron chi connectivity index (χ3n) is 5.19. The fraction of sp³-hybridized carbons (Fsp3) is 0.304. The molecule has 1 heterocycles. The third-order valence-corrected chi connectivity index (χ3v) is 5.68. The monoisotopic (exact) mass is 471 g/mol. The van der Waals surface area contributed by atoms with Crippen LogP contribution in [0.15, 0.2) is 40.9 Å². The Morgan fingerprint density at radius 2 is 1.83 bits per heavy atom. The molecule has 0 bridgehead atoms. The first-order valence-electron chi connectivity index (χ1n) is 9.60. The average molecular weight is 472 g/mol. The molecule has 1 aliphatic rings. The van der Waals surface area contributed by atoms with Crippen molar-refractivity contribution in [2.45, 2.75) is 33.2 Å². The molecule has 158 valence electrons. The van der Waals surface area contributed by atoms with E-state index in [0.717, 1.165) is 21.3 Å². The predicted octanol–water partition coefficient (Wildman–Crippen LogP) is 5.30. The fourth-order valence-electron chi connectivity index (χ4n) is 4.01. The molecule has 2 N–H and O–H groups in total. The van der Waals surface area contributed by atoms with Gasteiger partial charge in [0.1, 0.15) is 5.75 Å². The molecule has 0 unspecified atom stereocenters. The van der Waals surface area contributed by atoms with Gasteiger partial charge in [0.2, 0.25) is 5.91 Å². The minimum atomic E-state index is -0.462. The Labute approximate surface area is 185 Å². The number of amides is 2. The van der Waals surface area contributed by atoms with Crippen LogP contribution in [-0.2, 0) is 4.79 Å². The summed E-state index contributed by atoms with van der Waals surface area (Å²) in [5.74, 6) is 0.164. The number of allylic oxidation sites excluding steroid dienone is 1. The highest BCUT2D eigenvalue weighted by Crippen LogP contribution is 2.44. The molecule has 1 aliphatic heterocycles. The first kappa shape index (κ1) is 21.9. The Balaban J connectivity index is 2.08. The average Bonchev–Trinajstić information content (AvgIpc) is 2.66. The number of methoxy groups -OCH3 is 1. The minimum Gasteiger partial charge on any atom is -0.494 e. The maximum atomic E-state index is 13.0. The van der Waals surface area contributed by atoms with Crippen molar-refractivity contribution < 1.29 is 14.3 Å². The van der Waals surface area contributed by atoms with Crippen molar-refractivity contribution in [3.63, 3.8) is 0 Å². The summed E-state index contributed by atoms with van der Waals surface area (Å²) in [4.78, 5) is 27.2. The van der Waals surface area contributed by atoms with Crippen LogP contribution in [0.4, 0.5) is 17.1 Å². The SMILES string of the molecule is CNc1ccc(Br)cc1C(=O)Nc1cc2c(cc1OC)N(C(C)=O)C(C)(C)C=C2C. The van der Waals surface area contributed by atoms with Gasteiger partial charge in [-0.25, -0.2) is 0 Å². The van der Waals surface area contributed by atoms with Crippen molar-refractivity contribution in [2.75, 3.05) is 29.7 Å². The second-order valence-electron chi connectivity index (χ2n) is 7.80. The van der Waals surface area contributed by atoms with Gasteiger partial charge in [0.05, 0.1) is 29.6 Å². The van der Waals surface area contributed by atoms with E-state index in [-0.39, 0.29) is 11.8 Å². The van der Waals surface area contributed by atoms with E-state index in [0.29, 0.717) is 22.7 Å². The van der Waals surface area contributed by atoms with E-state index >= 15 is 0 Å². The molecule has 0 saturated heterocycles. The van der Waals surface area contributed by atoms with Gasteiger partial charge < -0.3 is 20.3 Å². The number of halogens is 1. The molecule has 7 heteroatoms. The van der Waals surface area contributed by atoms with Crippen molar-refractivity contribution in [1.29, 1.82) is 0 Å². The van der Waals surface area contributed by atoms with Crippen LogP contribution in [-0.4, -0.2) is 31.5 Å². The zero-order chi connectivity index (χ0) is 22.2. The lowest BCUT2D eigenvalue weighted by Gasteiger charge is -2.41. The van der Waals surface area contributed by atoms with Crippen molar-refractivity contribution in [3.8, 4) is 5.75 Å². The molecule has 2 aromatic rings. The number of fused-ring (bicyclic) bond motifs is 1. The molecule has 0 spiro atoms. The third kappa shape index (κ3) is 3.94. The zero-order valence-corrected chi connectivity index (χ0v) is 19.6. The van der Waals surface area contributed by atoms with E-state index in [1.165, 1.54) is 0 Å². The van der Waals surface area contributed by atoms with Crippen LogP contribution in [0.3, 0.4) is 0 Å². The van der Waals surface area contributed by atoms with Gasteiger partial charge in [0, 0.05) is 35.8 Å². The van der Waals surface area contributed by atoms with Gasteiger partial charge in [0.25, 0.3) is 5.91 Å². The molecule has 0 atom stereocenters. The summed E-state index contributed by atoms with van der Waals surface area (Å²) in [6, 6.07) is 9.14. The van der Waals surface area contributed by atoms with E-state index in [1.54, 1.807) is 32.0 Å². The second-order valence-corrected chi connectivity index (χ2v) is 8.71. The summed E-state index contributed by atoms with van der Waals surface area (Å²) < 4.78 is 6.37. The van der Waals surface area contributed by atoms with Crippen LogP contribution in [0.25, 0.3) is 5.57 Å². The molecule has 6 nitrogen and oxygen atoms in total. The molecule has 2 aromatic carbocycles. The molecular formula is C23H26BrN3O3. The Morgan fingerprint density at radius 1 is 1.13 bits per heavy atom. The van der Waals surface area contributed by atoms with Gasteiger partial charge >= 0.3 is 0 Å². The summed E-state index contributed by atoms with van der Waals surface area (Å²) in [7, 11) is 3.32. The summed E-state index contributed by atoms with van der Waals surface area (Å²) in [5.41, 5.74) is 3.97. The summed E-state index contributed by atoms with van der Waals surface area (Å²) in [5, 5.41) is 6.00. The first-order valence-corrected chi connectivity index (χ1v) is 10.4. The van der Waals surface area contributed by atoms with Crippen LogP contribution in [0.5, 0.6) is 5.75 Å². The molecule has 3 rings (SSSR count). The summed E-state index contributed by atoms with van der Waals surface area (Å²) in [6.45, 7) is 7.55. The van der Waals surface area contributed by atoms with Crippen LogP contribution >= 0.6 is 15.9 Å². The number of hydrogen-bond acceptors (Lipinski definition) is 4. The number of benzene rings is 2. The fourth-order valence-corrected chi connectivity index (χ4v) is 4.37. The van der Waals surface area contributed by atoms with Crippen molar-refractivity contribution in [2.24, 2.45) is 0 Å². The number of nitrogens with one attached hydrogen (secondary N) is 2. The highest BCUT2D eigenvalue weighted by molar-refractivity contribution is 9.10. The van der Waals surface area contributed by atoms with Gasteiger partial charge in [-0.3, -0.25) is 9.59 Å². The topological polar surface area (TPSA) is 70.7 Å². The highest BCUT2D eigenvalue weighted by Gasteiger charge is 2.35. The smallest absolute Gasteiger partial charge is 0.257 e. The number of hydrogen-bond donors (Lipinski definition) is 2. The van der Waals surface area contributed by atoms with Crippen molar-refractivity contribution in [1.82, 2.24) is 0 Å². The molecule has 0 fully saturated rings. The number of carbonyl (C=O) groups excluding carboxylic acids is 2. The van der Waals surface area contributed by atoms with Crippen molar-refractivity contribution >= 4 is 50.4 Å². The molecule has 0 saturated carbocycles. The Morgan fingerprint density at radius 3 is 2.43 bits per heavy atom. The maximum Gasteiger partial charge on any atom is 0.257 e. The van der Waals surface area contributed by atoms with Gasteiger partial charge in [-0.05, 0) is 50.6 Å². The Hall–Kier alpha value is -2.80. The van der Waals surface area contributed by atoms with E-state index in [4.69, 9.17) is 4.74 Å². The number of rotatable bonds is 4. The quantitative estimate of drug-likeness (QED) is 0.634. The number of carbonyl (C=O) groups is 2. The summed E-state index contributed by atoms with van der Waals surface area (Å²) >= 11 is 3.42. The largest absolute Gasteiger partial charge is 0.494 e. The lowest BCUT2D eigenvalue weighted by Crippen LogP contribution is -2.47. The van der Waals surface area contributed by atoms with Crippen LogP contribution in [0.2, 0.25) is 0 Å². The Bertz CT molecular complexity index is 1060.